The van der Waals surface area contributed by atoms with E-state index in [1.54, 1.807) is 25.4 Å². The molecule has 0 unspecified atom stereocenters. The number of amides is 1. The number of nitrogens with two attached hydrogens (primary N) is 1. The molecule has 0 fully saturated rings. The van der Waals surface area contributed by atoms with Crippen molar-refractivity contribution in [1.82, 2.24) is 4.31 Å². The highest BCUT2D eigenvalue weighted by Crippen LogP contribution is 2.18. The van der Waals surface area contributed by atoms with E-state index in [0.29, 0.717) is 12.2 Å². The minimum atomic E-state index is -3.50. The second-order valence-electron chi connectivity index (χ2n) is 6.50. The van der Waals surface area contributed by atoms with Crippen molar-refractivity contribution in [3.8, 4) is 0 Å². The second-order valence-corrected chi connectivity index (χ2v) is 8.54. The van der Waals surface area contributed by atoms with Crippen LogP contribution in [0, 0.1) is 0 Å². The molecule has 2 aromatic rings. The molecule has 0 aliphatic carbocycles. The number of hydrogen-bond donors (Lipinski definition) is 2. The third kappa shape index (κ3) is 5.92. The van der Waals surface area contributed by atoms with Crippen LogP contribution in [-0.4, -0.2) is 38.8 Å². The normalized spacial score (nSPS) is 12.9. The summed E-state index contributed by atoms with van der Waals surface area (Å²) in [6, 6.07) is 9.97. The van der Waals surface area contributed by atoms with Crippen molar-refractivity contribution in [3.05, 3.63) is 48.4 Å². The van der Waals surface area contributed by atoms with Gasteiger partial charge in [-0.15, -0.1) is 0 Å². The van der Waals surface area contributed by atoms with Gasteiger partial charge in [-0.3, -0.25) is 4.79 Å². The zero-order chi connectivity index (χ0) is 19.9. The van der Waals surface area contributed by atoms with Crippen LogP contribution in [0.3, 0.4) is 0 Å². The van der Waals surface area contributed by atoms with Gasteiger partial charge in [0.25, 0.3) is 5.91 Å². The Kier molecular flexibility index (Phi) is 7.58. The number of nitrogens with zero attached hydrogens (tertiary/aromatic N) is 1. The molecule has 1 aromatic heterocycles. The second kappa shape index (κ2) is 9.68. The Morgan fingerprint density at radius 3 is 2.56 bits per heavy atom. The molecule has 2 rings (SSSR count). The molecular weight excluding hydrogens is 366 g/mol. The average molecular weight is 395 g/mol. The standard InChI is InChI=1S/C19H27N3O4S/c1-4-5-12-22(3)27(24,25)17-10-8-16(9-11-17)21-19(23)14-20-15(2)18-7-6-13-26-18/h6-11,13,15,20H,4-5,12,14H2,1-3H3,(H,21,23)/p+1/t15-/m0/s1. The molecule has 0 bridgehead atoms. The first kappa shape index (κ1) is 21.1. The summed E-state index contributed by atoms with van der Waals surface area (Å²) in [5.74, 6) is 0.647. The van der Waals surface area contributed by atoms with Crippen molar-refractivity contribution in [2.45, 2.75) is 37.6 Å². The average Bonchev–Trinajstić information content (AvgIpc) is 3.19. The topological polar surface area (TPSA) is 96.2 Å². The van der Waals surface area contributed by atoms with E-state index in [4.69, 9.17) is 4.42 Å². The lowest BCUT2D eigenvalue weighted by Crippen LogP contribution is -2.86. The predicted molar refractivity (Wildman–Crippen MR) is 104 cm³/mol. The smallest absolute Gasteiger partial charge is 0.279 e. The van der Waals surface area contributed by atoms with Gasteiger partial charge in [-0.05, 0) is 49.7 Å². The number of nitrogens with one attached hydrogen (secondary N) is 1. The third-order valence-corrected chi connectivity index (χ3v) is 6.19. The largest absolute Gasteiger partial charge is 0.463 e. The number of carbonyl (C=O) groups excluding carboxylic acids is 1. The molecule has 7 nitrogen and oxygen atoms in total. The Hall–Kier alpha value is -2.16. The van der Waals surface area contributed by atoms with E-state index in [9.17, 15) is 13.2 Å². The molecule has 8 heteroatoms. The minimum Gasteiger partial charge on any atom is -0.463 e. The van der Waals surface area contributed by atoms with Gasteiger partial charge < -0.3 is 15.1 Å². The molecule has 0 aliphatic rings. The predicted octanol–water partition coefficient (Wildman–Crippen LogP) is 1.96. The van der Waals surface area contributed by atoms with Crippen molar-refractivity contribution >= 4 is 21.6 Å². The quantitative estimate of drug-likeness (QED) is 0.644. The van der Waals surface area contributed by atoms with Gasteiger partial charge >= 0.3 is 0 Å². The van der Waals surface area contributed by atoms with Gasteiger partial charge in [0.15, 0.2) is 12.3 Å². The van der Waals surface area contributed by atoms with Crippen LogP contribution in [0.5, 0.6) is 0 Å². The van der Waals surface area contributed by atoms with Crippen LogP contribution in [0.15, 0.2) is 52.0 Å². The Labute approximate surface area is 160 Å². The molecule has 27 heavy (non-hydrogen) atoms. The first-order chi connectivity index (χ1) is 12.8. The van der Waals surface area contributed by atoms with Crippen molar-refractivity contribution in [2.24, 2.45) is 0 Å². The number of rotatable bonds is 10. The Morgan fingerprint density at radius 1 is 1.26 bits per heavy atom. The number of sulfonamides is 1. The van der Waals surface area contributed by atoms with E-state index >= 15 is 0 Å². The fraction of sp³-hybridized carbons (Fsp3) is 0.421. The molecule has 0 saturated carbocycles. The summed E-state index contributed by atoms with van der Waals surface area (Å²) in [7, 11) is -1.92. The molecule has 1 atom stereocenters. The lowest BCUT2D eigenvalue weighted by molar-refractivity contribution is -0.684. The highest BCUT2D eigenvalue weighted by molar-refractivity contribution is 7.89. The van der Waals surface area contributed by atoms with E-state index in [1.807, 2.05) is 31.3 Å². The van der Waals surface area contributed by atoms with Gasteiger partial charge in [0.2, 0.25) is 10.0 Å². The molecule has 1 amide bonds. The summed E-state index contributed by atoms with van der Waals surface area (Å²) in [6.45, 7) is 4.70. The van der Waals surface area contributed by atoms with Crippen LogP contribution < -0.4 is 10.6 Å². The number of hydrogen-bond acceptors (Lipinski definition) is 4. The van der Waals surface area contributed by atoms with E-state index in [2.05, 4.69) is 5.32 Å². The summed E-state index contributed by atoms with van der Waals surface area (Å²) >= 11 is 0. The lowest BCUT2D eigenvalue weighted by atomic mass is 10.2. The maximum Gasteiger partial charge on any atom is 0.279 e. The van der Waals surface area contributed by atoms with Crippen LogP contribution in [0.2, 0.25) is 0 Å². The van der Waals surface area contributed by atoms with Gasteiger partial charge in [-0.25, -0.2) is 12.7 Å². The van der Waals surface area contributed by atoms with Crippen LogP contribution in [0.25, 0.3) is 0 Å². The summed E-state index contributed by atoms with van der Waals surface area (Å²) in [4.78, 5) is 12.3. The number of carbonyl (C=O) groups is 1. The fourth-order valence-electron chi connectivity index (χ4n) is 2.55. The molecule has 0 spiro atoms. The number of furan rings is 1. The molecule has 3 N–H and O–H groups in total. The van der Waals surface area contributed by atoms with E-state index in [0.717, 1.165) is 18.6 Å². The summed E-state index contributed by atoms with van der Waals surface area (Å²) in [6.07, 6.45) is 3.35. The highest BCUT2D eigenvalue weighted by atomic mass is 32.2. The number of benzene rings is 1. The van der Waals surface area contributed by atoms with Crippen molar-refractivity contribution in [2.75, 3.05) is 25.5 Å². The van der Waals surface area contributed by atoms with Crippen LogP contribution in [0.1, 0.15) is 38.5 Å². The van der Waals surface area contributed by atoms with Gasteiger partial charge in [0.1, 0.15) is 6.04 Å². The van der Waals surface area contributed by atoms with Crippen LogP contribution in [-0.2, 0) is 14.8 Å². The lowest BCUT2D eigenvalue weighted by Gasteiger charge is -2.17. The Morgan fingerprint density at radius 2 is 1.96 bits per heavy atom. The molecular formula is C19H28N3O4S+. The monoisotopic (exact) mass is 394 g/mol. The van der Waals surface area contributed by atoms with Crippen molar-refractivity contribution in [1.29, 1.82) is 0 Å². The number of anilines is 1. The first-order valence-electron chi connectivity index (χ1n) is 9.07. The maximum absolute atomic E-state index is 12.5. The third-order valence-electron chi connectivity index (χ3n) is 4.32. The van der Waals surface area contributed by atoms with E-state index < -0.39 is 10.0 Å². The summed E-state index contributed by atoms with van der Waals surface area (Å²) in [5, 5.41) is 4.65. The summed E-state index contributed by atoms with van der Waals surface area (Å²) in [5.41, 5.74) is 0.564. The maximum atomic E-state index is 12.5. The molecule has 0 aliphatic heterocycles. The minimum absolute atomic E-state index is 0.0388. The van der Waals surface area contributed by atoms with Gasteiger partial charge in [-0.2, -0.15) is 0 Å². The van der Waals surface area contributed by atoms with Crippen LogP contribution >= 0.6 is 0 Å². The number of unbranched alkanes of at least 4 members (excludes halogenated alkanes) is 1. The van der Waals surface area contributed by atoms with Crippen molar-refractivity contribution in [3.63, 3.8) is 0 Å². The molecule has 0 radical (unpaired) electrons. The molecule has 0 saturated heterocycles. The molecule has 1 aromatic carbocycles. The van der Waals surface area contributed by atoms with E-state index in [1.165, 1.54) is 16.4 Å². The number of quaternary nitrogens is 1. The van der Waals surface area contributed by atoms with Crippen molar-refractivity contribution < 1.29 is 22.9 Å². The Balaban J connectivity index is 1.90. The zero-order valence-electron chi connectivity index (χ0n) is 16.0. The van der Waals surface area contributed by atoms with E-state index in [-0.39, 0.29) is 23.4 Å². The van der Waals surface area contributed by atoms with Gasteiger partial charge in [0, 0.05) is 19.3 Å². The zero-order valence-corrected chi connectivity index (χ0v) is 16.8. The fourth-order valence-corrected chi connectivity index (χ4v) is 3.76. The van der Waals surface area contributed by atoms with Crippen LogP contribution in [0.4, 0.5) is 5.69 Å². The van der Waals surface area contributed by atoms with Gasteiger partial charge in [-0.1, -0.05) is 13.3 Å². The Bertz CT molecular complexity index is 817. The van der Waals surface area contributed by atoms with Gasteiger partial charge in [0.05, 0.1) is 11.2 Å². The molecule has 148 valence electrons. The highest BCUT2D eigenvalue weighted by Gasteiger charge is 2.20. The molecule has 1 heterocycles. The SMILES string of the molecule is CCCCN(C)S(=O)(=O)c1ccc(NC(=O)C[NH2+][C@@H](C)c2ccco2)cc1. The first-order valence-corrected chi connectivity index (χ1v) is 10.5. The summed E-state index contributed by atoms with van der Waals surface area (Å²) < 4.78 is 31.6.